The fraction of sp³-hybridized carbons (Fsp3) is 0.727. The van der Waals surface area contributed by atoms with E-state index in [1.807, 2.05) is 0 Å². The molecule has 1 aliphatic heterocycles. The molecule has 0 saturated carbocycles. The fourth-order valence-corrected chi connectivity index (χ4v) is 3.06. The van der Waals surface area contributed by atoms with Crippen molar-refractivity contribution in [2.24, 2.45) is 11.8 Å². The molecule has 1 saturated heterocycles. The molecule has 0 radical (unpaired) electrons. The van der Waals surface area contributed by atoms with Gasteiger partial charge in [0.15, 0.2) is 0 Å². The minimum atomic E-state index is -3.56. The largest absolute Gasteiger partial charge is 0.393 e. The monoisotopic (exact) mass is 312 g/mol. The average Bonchev–Trinajstić information content (AvgIpc) is 2.40. The lowest BCUT2D eigenvalue weighted by Gasteiger charge is -2.10. The summed E-state index contributed by atoms with van der Waals surface area (Å²) in [5.41, 5.74) is 0. The van der Waals surface area contributed by atoms with E-state index in [4.69, 9.17) is 10.7 Å². The number of ether oxygens (including phenoxy) is 1. The molecule has 1 aliphatic rings. The molecule has 0 aliphatic carbocycles. The molecule has 6 nitrogen and oxygen atoms in total. The summed E-state index contributed by atoms with van der Waals surface area (Å²) in [7, 11) is 1.51. The van der Waals surface area contributed by atoms with Gasteiger partial charge in [0.2, 0.25) is 9.05 Å². The standard InChI is InChI=1S/C8H11ClO5S.C3H6O/c1-5(4-15(9,12)13)2-6-3-7(10)14-8(6)11;1-3(2)4/h5-6H,2-4H2,1H3;1-2H3. The Morgan fingerprint density at radius 2 is 1.89 bits per heavy atom. The molecule has 2 unspecified atom stereocenters. The SMILES string of the molecule is CC(C)=O.CC(CC1CC(=O)OC1=O)CS(=O)(=O)Cl. The van der Waals surface area contributed by atoms with Crippen LogP contribution in [0.1, 0.15) is 33.6 Å². The van der Waals surface area contributed by atoms with Crippen LogP contribution in [0, 0.1) is 11.8 Å². The zero-order valence-electron chi connectivity index (χ0n) is 11.0. The Morgan fingerprint density at radius 3 is 2.21 bits per heavy atom. The van der Waals surface area contributed by atoms with Crippen LogP contribution in [-0.4, -0.2) is 31.9 Å². The van der Waals surface area contributed by atoms with Crippen LogP contribution >= 0.6 is 10.7 Å². The van der Waals surface area contributed by atoms with Crippen molar-refractivity contribution < 1.29 is 27.5 Å². The van der Waals surface area contributed by atoms with E-state index in [0.29, 0.717) is 6.42 Å². The van der Waals surface area contributed by atoms with Gasteiger partial charge in [0.05, 0.1) is 18.1 Å². The van der Waals surface area contributed by atoms with E-state index in [-0.39, 0.29) is 23.9 Å². The minimum absolute atomic E-state index is 0.0332. The quantitative estimate of drug-likeness (QED) is 0.441. The smallest absolute Gasteiger partial charge is 0.317 e. The molecule has 8 heteroatoms. The molecule has 2 atom stereocenters. The van der Waals surface area contributed by atoms with Gasteiger partial charge in [-0.05, 0) is 26.2 Å². The van der Waals surface area contributed by atoms with E-state index in [1.165, 1.54) is 13.8 Å². The van der Waals surface area contributed by atoms with Crippen LogP contribution in [-0.2, 0) is 28.2 Å². The van der Waals surface area contributed by atoms with Gasteiger partial charge in [0.25, 0.3) is 0 Å². The van der Waals surface area contributed by atoms with Crippen LogP contribution in [0.25, 0.3) is 0 Å². The van der Waals surface area contributed by atoms with Gasteiger partial charge in [-0.2, -0.15) is 0 Å². The Labute approximate surface area is 116 Å². The predicted molar refractivity (Wildman–Crippen MR) is 69.0 cm³/mol. The highest BCUT2D eigenvalue weighted by Crippen LogP contribution is 2.24. The van der Waals surface area contributed by atoms with E-state index < -0.39 is 26.9 Å². The van der Waals surface area contributed by atoms with Gasteiger partial charge in [-0.1, -0.05) is 6.92 Å². The number of ketones is 1. The van der Waals surface area contributed by atoms with Gasteiger partial charge in [-0.25, -0.2) is 8.42 Å². The highest BCUT2D eigenvalue weighted by Gasteiger charge is 2.34. The van der Waals surface area contributed by atoms with Crippen molar-refractivity contribution in [1.82, 2.24) is 0 Å². The Bertz CT molecular complexity index is 452. The molecule has 0 amide bonds. The normalized spacial score (nSPS) is 20.3. The first-order valence-electron chi connectivity index (χ1n) is 5.65. The molecule has 110 valence electrons. The van der Waals surface area contributed by atoms with Crippen LogP contribution in [0.15, 0.2) is 0 Å². The maximum Gasteiger partial charge on any atom is 0.317 e. The summed E-state index contributed by atoms with van der Waals surface area (Å²) in [6.07, 6.45) is 0.335. The highest BCUT2D eigenvalue weighted by molar-refractivity contribution is 8.13. The second-order valence-corrected chi connectivity index (χ2v) is 7.47. The number of carbonyl (C=O) groups excluding carboxylic acids is 3. The number of hydrogen-bond acceptors (Lipinski definition) is 6. The number of Topliss-reactive ketones (excluding diaryl/α,β-unsaturated/α-hetero) is 1. The first-order chi connectivity index (χ1) is 8.51. The van der Waals surface area contributed by atoms with Crippen LogP contribution in [0.3, 0.4) is 0 Å². The maximum absolute atomic E-state index is 11.1. The van der Waals surface area contributed by atoms with Crippen LogP contribution < -0.4 is 0 Å². The third-order valence-electron chi connectivity index (χ3n) is 2.13. The highest BCUT2D eigenvalue weighted by atomic mass is 35.7. The van der Waals surface area contributed by atoms with Crippen molar-refractivity contribution in [3.63, 3.8) is 0 Å². The molecular formula is C11H17ClO6S. The Kier molecular flexibility index (Phi) is 7.21. The van der Waals surface area contributed by atoms with Crippen molar-refractivity contribution in [3.8, 4) is 0 Å². The Hall–Kier alpha value is -0.950. The second kappa shape index (κ2) is 7.59. The van der Waals surface area contributed by atoms with Gasteiger partial charge >= 0.3 is 11.9 Å². The van der Waals surface area contributed by atoms with E-state index in [1.54, 1.807) is 6.92 Å². The van der Waals surface area contributed by atoms with Crippen LogP contribution in [0.2, 0.25) is 0 Å². The summed E-state index contributed by atoms with van der Waals surface area (Å²) >= 11 is 0. The number of cyclic esters (lactones) is 2. The van der Waals surface area contributed by atoms with Crippen molar-refractivity contribution in [1.29, 1.82) is 0 Å². The lowest BCUT2D eigenvalue weighted by Crippen LogP contribution is -2.16. The number of halogens is 1. The Balaban J connectivity index is 0.000000711. The molecule has 1 fully saturated rings. The minimum Gasteiger partial charge on any atom is -0.393 e. The topological polar surface area (TPSA) is 94.6 Å². The summed E-state index contributed by atoms with van der Waals surface area (Å²) in [6.45, 7) is 4.72. The van der Waals surface area contributed by atoms with Crippen molar-refractivity contribution in [2.75, 3.05) is 5.75 Å². The summed E-state index contributed by atoms with van der Waals surface area (Å²) in [5.74, 6) is -1.95. The van der Waals surface area contributed by atoms with Gasteiger partial charge < -0.3 is 9.53 Å². The molecule has 0 bridgehead atoms. The average molecular weight is 313 g/mol. The number of carbonyl (C=O) groups is 3. The molecule has 19 heavy (non-hydrogen) atoms. The first-order valence-corrected chi connectivity index (χ1v) is 8.13. The molecule has 1 rings (SSSR count). The van der Waals surface area contributed by atoms with E-state index in [9.17, 15) is 22.8 Å². The zero-order valence-corrected chi connectivity index (χ0v) is 12.6. The number of hydrogen-bond donors (Lipinski definition) is 0. The van der Waals surface area contributed by atoms with Gasteiger partial charge in [-0.3, -0.25) is 9.59 Å². The molecule has 0 spiro atoms. The van der Waals surface area contributed by atoms with Gasteiger partial charge in [0.1, 0.15) is 5.78 Å². The summed E-state index contributed by atoms with van der Waals surface area (Å²) in [5, 5.41) is 0. The van der Waals surface area contributed by atoms with Crippen molar-refractivity contribution >= 4 is 37.5 Å². The van der Waals surface area contributed by atoms with Crippen LogP contribution in [0.5, 0.6) is 0 Å². The lowest BCUT2D eigenvalue weighted by atomic mass is 9.96. The van der Waals surface area contributed by atoms with E-state index >= 15 is 0 Å². The molecule has 0 aromatic carbocycles. The Morgan fingerprint density at radius 1 is 1.42 bits per heavy atom. The molecule has 0 N–H and O–H groups in total. The van der Waals surface area contributed by atoms with Gasteiger partial charge in [0, 0.05) is 10.7 Å². The summed E-state index contributed by atoms with van der Waals surface area (Å²) < 4.78 is 25.8. The first kappa shape index (κ1) is 18.0. The maximum atomic E-state index is 11.1. The molecule has 1 heterocycles. The van der Waals surface area contributed by atoms with Crippen molar-refractivity contribution in [2.45, 2.75) is 33.6 Å². The third-order valence-corrected chi connectivity index (χ3v) is 3.48. The molecular weight excluding hydrogens is 296 g/mol. The number of esters is 2. The van der Waals surface area contributed by atoms with E-state index in [2.05, 4.69) is 4.74 Å². The molecule has 0 aromatic rings. The predicted octanol–water partition coefficient (Wildman–Crippen LogP) is 1.27. The fourth-order valence-electron chi connectivity index (χ4n) is 1.59. The zero-order chi connectivity index (χ0) is 15.2. The van der Waals surface area contributed by atoms with Crippen LogP contribution in [0.4, 0.5) is 0 Å². The third kappa shape index (κ3) is 9.61. The van der Waals surface area contributed by atoms with Crippen molar-refractivity contribution in [3.05, 3.63) is 0 Å². The van der Waals surface area contributed by atoms with E-state index in [0.717, 1.165) is 0 Å². The summed E-state index contributed by atoms with van der Waals surface area (Å²) in [4.78, 5) is 31.2. The van der Waals surface area contributed by atoms with Gasteiger partial charge in [-0.15, -0.1) is 0 Å². The lowest BCUT2D eigenvalue weighted by molar-refractivity contribution is -0.153. The summed E-state index contributed by atoms with van der Waals surface area (Å²) in [6, 6.07) is 0. The second-order valence-electron chi connectivity index (χ2n) is 4.65. The molecule has 0 aromatic heterocycles. The number of rotatable bonds is 4.